The Morgan fingerprint density at radius 1 is 1.07 bits per heavy atom. The monoisotopic (exact) mass is 398 g/mol. The maximum absolute atomic E-state index is 12.8. The molecule has 1 aromatic carbocycles. The Kier molecular flexibility index (Phi) is 7.45. The van der Waals surface area contributed by atoms with Gasteiger partial charge in [-0.1, -0.05) is 37.3 Å². The van der Waals surface area contributed by atoms with E-state index in [1.54, 1.807) is 6.92 Å². The minimum absolute atomic E-state index is 0.0721. The molecule has 0 bridgehead atoms. The number of nitrogens with zero attached hydrogens (tertiary/aromatic N) is 2. The van der Waals surface area contributed by atoms with Gasteiger partial charge in [-0.15, -0.1) is 0 Å². The number of hydrogen-bond donors (Lipinski definition) is 0. The highest BCUT2D eigenvalue weighted by atomic mass is 16.2. The zero-order valence-corrected chi connectivity index (χ0v) is 17.8. The molecule has 158 valence electrons. The molecule has 3 rings (SSSR count). The highest BCUT2D eigenvalue weighted by Crippen LogP contribution is 2.32. The molecule has 2 saturated heterocycles. The molecule has 5 heteroatoms. The second-order valence-corrected chi connectivity index (χ2v) is 8.74. The number of ketones is 1. The predicted octanol–water partition coefficient (Wildman–Crippen LogP) is 3.46. The zero-order chi connectivity index (χ0) is 20.8. The minimum Gasteiger partial charge on any atom is -0.342 e. The number of piperidine rings is 2. The zero-order valence-electron chi connectivity index (χ0n) is 17.8. The third-order valence-corrected chi connectivity index (χ3v) is 6.61. The predicted molar refractivity (Wildman–Crippen MR) is 113 cm³/mol. The van der Waals surface area contributed by atoms with Gasteiger partial charge in [-0.2, -0.15) is 0 Å². The molecule has 2 aliphatic heterocycles. The fourth-order valence-corrected chi connectivity index (χ4v) is 4.71. The molecule has 2 amide bonds. The van der Waals surface area contributed by atoms with Gasteiger partial charge in [0, 0.05) is 44.4 Å². The summed E-state index contributed by atoms with van der Waals surface area (Å²) in [5.74, 6) is 0.571. The van der Waals surface area contributed by atoms with Crippen LogP contribution in [0.4, 0.5) is 0 Å². The average Bonchev–Trinajstić information content (AvgIpc) is 2.73. The van der Waals surface area contributed by atoms with E-state index < -0.39 is 0 Å². The topological polar surface area (TPSA) is 57.7 Å². The number of carbonyl (C=O) groups excluding carboxylic acids is 3. The van der Waals surface area contributed by atoms with Crippen LogP contribution in [-0.4, -0.2) is 53.1 Å². The lowest BCUT2D eigenvalue weighted by Crippen LogP contribution is -2.56. The van der Waals surface area contributed by atoms with Crippen molar-refractivity contribution >= 4 is 17.6 Å². The van der Waals surface area contributed by atoms with Gasteiger partial charge in [-0.05, 0) is 50.5 Å². The third kappa shape index (κ3) is 5.68. The molecule has 2 fully saturated rings. The van der Waals surface area contributed by atoms with Crippen molar-refractivity contribution < 1.29 is 14.4 Å². The van der Waals surface area contributed by atoms with Gasteiger partial charge in [0.25, 0.3) is 0 Å². The summed E-state index contributed by atoms with van der Waals surface area (Å²) in [6.45, 7) is 5.67. The molecule has 1 unspecified atom stereocenters. The molecule has 0 radical (unpaired) electrons. The van der Waals surface area contributed by atoms with Crippen molar-refractivity contribution in [2.75, 3.05) is 19.6 Å². The summed E-state index contributed by atoms with van der Waals surface area (Å²) in [6, 6.07) is 10.5. The summed E-state index contributed by atoms with van der Waals surface area (Å²) < 4.78 is 0. The first-order valence-corrected chi connectivity index (χ1v) is 11.1. The number of hydrogen-bond acceptors (Lipinski definition) is 3. The summed E-state index contributed by atoms with van der Waals surface area (Å²) in [5, 5.41) is 0. The van der Waals surface area contributed by atoms with Crippen LogP contribution < -0.4 is 0 Å². The molecule has 29 heavy (non-hydrogen) atoms. The molecule has 0 aromatic heterocycles. The van der Waals surface area contributed by atoms with Crippen LogP contribution in [-0.2, 0) is 20.8 Å². The fourth-order valence-electron chi connectivity index (χ4n) is 4.71. The molecular weight excluding hydrogens is 364 g/mol. The highest BCUT2D eigenvalue weighted by molar-refractivity contribution is 5.85. The quantitative estimate of drug-likeness (QED) is 0.707. The molecule has 2 aliphatic rings. The first-order valence-electron chi connectivity index (χ1n) is 11.1. The number of benzene rings is 1. The number of fused-ring (bicyclic) bond motifs is 1. The SMILES string of the molecule is CC(=O)C(C)CC(=O)N1CCC[C@@H]2CN(C(=O)CCCc3ccccc3)CC[C@@H]21. The van der Waals surface area contributed by atoms with Crippen LogP contribution in [0.25, 0.3) is 0 Å². The lowest BCUT2D eigenvalue weighted by atomic mass is 9.83. The van der Waals surface area contributed by atoms with Crippen LogP contribution in [0.5, 0.6) is 0 Å². The number of aryl methyl sites for hydroxylation is 1. The smallest absolute Gasteiger partial charge is 0.223 e. The molecule has 0 N–H and O–H groups in total. The molecular formula is C24H34N2O3. The molecule has 0 aliphatic carbocycles. The van der Waals surface area contributed by atoms with Crippen LogP contribution >= 0.6 is 0 Å². The summed E-state index contributed by atoms with van der Waals surface area (Å²) in [6.07, 6.45) is 5.62. The lowest BCUT2D eigenvalue weighted by Gasteiger charge is -2.47. The largest absolute Gasteiger partial charge is 0.342 e. The second-order valence-electron chi connectivity index (χ2n) is 8.74. The van der Waals surface area contributed by atoms with Crippen LogP contribution in [0.3, 0.4) is 0 Å². The van der Waals surface area contributed by atoms with Gasteiger partial charge in [-0.3, -0.25) is 14.4 Å². The van der Waals surface area contributed by atoms with Gasteiger partial charge >= 0.3 is 0 Å². The molecule has 5 nitrogen and oxygen atoms in total. The lowest BCUT2D eigenvalue weighted by molar-refractivity contribution is -0.143. The van der Waals surface area contributed by atoms with Gasteiger partial charge in [0.1, 0.15) is 5.78 Å². The van der Waals surface area contributed by atoms with E-state index in [4.69, 9.17) is 0 Å². The third-order valence-electron chi connectivity index (χ3n) is 6.61. The Balaban J connectivity index is 1.49. The van der Waals surface area contributed by atoms with E-state index in [0.717, 1.165) is 51.7 Å². The second kappa shape index (κ2) is 10.0. The Morgan fingerprint density at radius 2 is 1.83 bits per heavy atom. The molecule has 0 saturated carbocycles. The maximum Gasteiger partial charge on any atom is 0.223 e. The molecule has 2 heterocycles. The van der Waals surface area contributed by atoms with Crippen molar-refractivity contribution in [3.05, 3.63) is 35.9 Å². The first kappa shape index (κ1) is 21.5. The van der Waals surface area contributed by atoms with Gasteiger partial charge in [0.15, 0.2) is 0 Å². The average molecular weight is 399 g/mol. The van der Waals surface area contributed by atoms with E-state index in [9.17, 15) is 14.4 Å². The molecule has 1 aromatic rings. The van der Waals surface area contributed by atoms with Gasteiger partial charge in [-0.25, -0.2) is 0 Å². The van der Waals surface area contributed by atoms with Gasteiger partial charge < -0.3 is 9.80 Å². The van der Waals surface area contributed by atoms with E-state index in [1.807, 2.05) is 34.9 Å². The maximum atomic E-state index is 12.8. The van der Waals surface area contributed by atoms with E-state index in [2.05, 4.69) is 12.1 Å². The van der Waals surface area contributed by atoms with E-state index >= 15 is 0 Å². The van der Waals surface area contributed by atoms with Crippen molar-refractivity contribution in [2.24, 2.45) is 11.8 Å². The fraction of sp³-hybridized carbons (Fsp3) is 0.625. The Hall–Kier alpha value is -2.17. The van der Waals surface area contributed by atoms with Crippen LogP contribution in [0.1, 0.15) is 57.9 Å². The number of Topliss-reactive ketones (excluding diaryl/α,β-unsaturated/α-hetero) is 1. The minimum atomic E-state index is -0.214. The van der Waals surface area contributed by atoms with E-state index in [1.165, 1.54) is 5.56 Å². The number of amides is 2. The van der Waals surface area contributed by atoms with E-state index in [0.29, 0.717) is 18.8 Å². The Morgan fingerprint density at radius 3 is 2.55 bits per heavy atom. The van der Waals surface area contributed by atoms with Crippen molar-refractivity contribution in [1.29, 1.82) is 0 Å². The van der Waals surface area contributed by atoms with Crippen LogP contribution in [0.2, 0.25) is 0 Å². The van der Waals surface area contributed by atoms with Crippen molar-refractivity contribution in [3.63, 3.8) is 0 Å². The normalized spacial score (nSPS) is 22.7. The van der Waals surface area contributed by atoms with Crippen molar-refractivity contribution in [1.82, 2.24) is 9.80 Å². The first-order chi connectivity index (χ1) is 14.0. The summed E-state index contributed by atoms with van der Waals surface area (Å²) >= 11 is 0. The van der Waals surface area contributed by atoms with Crippen LogP contribution in [0, 0.1) is 11.8 Å². The van der Waals surface area contributed by atoms with Gasteiger partial charge in [0.2, 0.25) is 11.8 Å². The summed E-state index contributed by atoms with van der Waals surface area (Å²) in [5.41, 5.74) is 1.28. The number of rotatable bonds is 7. The van der Waals surface area contributed by atoms with E-state index in [-0.39, 0.29) is 29.6 Å². The van der Waals surface area contributed by atoms with Gasteiger partial charge in [0.05, 0.1) is 0 Å². The molecule has 3 atom stereocenters. The molecule has 0 spiro atoms. The number of carbonyl (C=O) groups is 3. The summed E-state index contributed by atoms with van der Waals surface area (Å²) in [7, 11) is 0. The van der Waals surface area contributed by atoms with Crippen molar-refractivity contribution in [2.45, 2.75) is 64.8 Å². The number of likely N-dealkylation sites (tertiary alicyclic amines) is 2. The summed E-state index contributed by atoms with van der Waals surface area (Å²) in [4.78, 5) is 41.0. The van der Waals surface area contributed by atoms with Crippen molar-refractivity contribution in [3.8, 4) is 0 Å². The highest BCUT2D eigenvalue weighted by Gasteiger charge is 2.39. The standard InChI is InChI=1S/C24H34N2O3/c1-18(19(2)27)16-24(29)26-14-7-11-21-17-25(15-13-22(21)26)23(28)12-6-10-20-8-4-3-5-9-20/h3-5,8-9,18,21-22H,6-7,10-17H2,1-2H3/t18?,21-,22+/m1/s1. The van der Waals surface area contributed by atoms with Crippen LogP contribution in [0.15, 0.2) is 30.3 Å². The Labute approximate surface area is 174 Å². The Bertz CT molecular complexity index is 718.